The number of rotatable bonds is 5. The first kappa shape index (κ1) is 15.8. The quantitative estimate of drug-likeness (QED) is 0.856. The summed E-state index contributed by atoms with van der Waals surface area (Å²) in [5.74, 6) is -1.71. The molecule has 0 aromatic heterocycles. The van der Waals surface area contributed by atoms with Crippen molar-refractivity contribution in [3.63, 3.8) is 0 Å². The van der Waals surface area contributed by atoms with E-state index in [0.29, 0.717) is 30.1 Å². The minimum absolute atomic E-state index is 0.119. The Balaban J connectivity index is 1.59. The molecule has 122 valence electrons. The van der Waals surface area contributed by atoms with Gasteiger partial charge in [-0.3, -0.25) is 14.4 Å². The van der Waals surface area contributed by atoms with E-state index in [1.54, 1.807) is 29.2 Å². The van der Waals surface area contributed by atoms with E-state index in [0.717, 1.165) is 0 Å². The molecule has 1 unspecified atom stereocenters. The third kappa shape index (κ3) is 3.17. The third-order valence-corrected chi connectivity index (χ3v) is 4.79. The molecule has 1 aromatic rings. The van der Waals surface area contributed by atoms with Crippen molar-refractivity contribution in [2.24, 2.45) is 11.3 Å². The third-order valence-electron chi connectivity index (χ3n) is 4.54. The van der Waals surface area contributed by atoms with Gasteiger partial charge in [0.05, 0.1) is 11.3 Å². The molecule has 23 heavy (non-hydrogen) atoms. The standard InChI is InChI=1S/C16H17ClN2O4/c17-11-1-3-12(4-2-11)19-8-10(7-13(19)20)14(21)18-9-16(5-6-16)15(22)23/h1-4,10H,5-9H2,(H,18,21)(H,22,23). The molecular weight excluding hydrogens is 320 g/mol. The fraction of sp³-hybridized carbons (Fsp3) is 0.438. The second kappa shape index (κ2) is 5.85. The minimum Gasteiger partial charge on any atom is -0.481 e. The van der Waals surface area contributed by atoms with Gasteiger partial charge >= 0.3 is 5.97 Å². The lowest BCUT2D eigenvalue weighted by Gasteiger charge is -2.17. The van der Waals surface area contributed by atoms with Crippen LogP contribution in [0.25, 0.3) is 0 Å². The number of carbonyl (C=O) groups excluding carboxylic acids is 2. The maximum Gasteiger partial charge on any atom is 0.311 e. The van der Waals surface area contributed by atoms with E-state index in [4.69, 9.17) is 16.7 Å². The highest BCUT2D eigenvalue weighted by molar-refractivity contribution is 6.30. The fourth-order valence-electron chi connectivity index (χ4n) is 2.77. The predicted molar refractivity (Wildman–Crippen MR) is 84.2 cm³/mol. The maximum absolute atomic E-state index is 12.2. The molecule has 0 bridgehead atoms. The molecule has 1 aromatic carbocycles. The van der Waals surface area contributed by atoms with E-state index in [1.165, 1.54) is 0 Å². The van der Waals surface area contributed by atoms with Crippen LogP contribution in [0.15, 0.2) is 24.3 Å². The smallest absolute Gasteiger partial charge is 0.311 e. The molecule has 0 spiro atoms. The highest BCUT2D eigenvalue weighted by Crippen LogP contribution is 2.45. The molecule has 1 aliphatic carbocycles. The highest BCUT2D eigenvalue weighted by Gasteiger charge is 2.50. The number of aliphatic carboxylic acids is 1. The topological polar surface area (TPSA) is 86.7 Å². The molecule has 0 radical (unpaired) electrons. The Morgan fingerprint density at radius 2 is 1.96 bits per heavy atom. The largest absolute Gasteiger partial charge is 0.481 e. The molecule has 6 nitrogen and oxygen atoms in total. The number of anilines is 1. The summed E-state index contributed by atoms with van der Waals surface area (Å²) in [6.45, 7) is 0.430. The van der Waals surface area contributed by atoms with Gasteiger partial charge in [-0.2, -0.15) is 0 Å². The van der Waals surface area contributed by atoms with Crippen molar-refractivity contribution in [3.05, 3.63) is 29.3 Å². The van der Waals surface area contributed by atoms with Crippen LogP contribution in [-0.4, -0.2) is 36.0 Å². The summed E-state index contributed by atoms with van der Waals surface area (Å²) >= 11 is 5.83. The Labute approximate surface area is 138 Å². The number of nitrogens with one attached hydrogen (secondary N) is 1. The first-order chi connectivity index (χ1) is 10.9. The average Bonchev–Trinajstić information content (AvgIpc) is 3.22. The van der Waals surface area contributed by atoms with E-state index >= 15 is 0 Å². The first-order valence-electron chi connectivity index (χ1n) is 7.48. The van der Waals surface area contributed by atoms with Crippen molar-refractivity contribution in [2.45, 2.75) is 19.3 Å². The van der Waals surface area contributed by atoms with Crippen LogP contribution in [0.5, 0.6) is 0 Å². The molecule has 2 amide bonds. The predicted octanol–water partition coefficient (Wildman–Crippen LogP) is 1.67. The van der Waals surface area contributed by atoms with Crippen LogP contribution in [-0.2, 0) is 14.4 Å². The summed E-state index contributed by atoms with van der Waals surface area (Å²) in [6.07, 6.45) is 1.31. The molecule has 1 heterocycles. The summed E-state index contributed by atoms with van der Waals surface area (Å²) in [5, 5.41) is 12.4. The SMILES string of the molecule is O=C(NCC1(C(=O)O)CC1)C1CC(=O)N(c2ccc(Cl)cc2)C1. The number of hydrogen-bond donors (Lipinski definition) is 2. The fourth-order valence-corrected chi connectivity index (χ4v) is 2.90. The van der Waals surface area contributed by atoms with Crippen molar-refractivity contribution < 1.29 is 19.5 Å². The van der Waals surface area contributed by atoms with E-state index in [2.05, 4.69) is 5.32 Å². The zero-order valence-corrected chi connectivity index (χ0v) is 13.2. The zero-order valence-electron chi connectivity index (χ0n) is 12.4. The van der Waals surface area contributed by atoms with Crippen LogP contribution in [0.3, 0.4) is 0 Å². The number of carbonyl (C=O) groups is 3. The lowest BCUT2D eigenvalue weighted by Crippen LogP contribution is -2.38. The van der Waals surface area contributed by atoms with Crippen molar-refractivity contribution in [1.29, 1.82) is 0 Å². The van der Waals surface area contributed by atoms with Crippen LogP contribution in [0.1, 0.15) is 19.3 Å². The van der Waals surface area contributed by atoms with Gasteiger partial charge in [-0.25, -0.2) is 0 Å². The van der Waals surface area contributed by atoms with Gasteiger partial charge in [-0.15, -0.1) is 0 Å². The van der Waals surface area contributed by atoms with Gasteiger partial charge in [0.2, 0.25) is 11.8 Å². The van der Waals surface area contributed by atoms with Crippen molar-refractivity contribution in [1.82, 2.24) is 5.32 Å². The summed E-state index contributed by atoms with van der Waals surface area (Å²) < 4.78 is 0. The normalized spacial score (nSPS) is 22.0. The molecule has 2 aliphatic rings. The van der Waals surface area contributed by atoms with Gasteiger partial charge < -0.3 is 15.3 Å². The van der Waals surface area contributed by atoms with Gasteiger partial charge in [0.25, 0.3) is 0 Å². The van der Waals surface area contributed by atoms with Gasteiger partial charge in [0.1, 0.15) is 0 Å². The molecule has 2 N–H and O–H groups in total. The summed E-state index contributed by atoms with van der Waals surface area (Å²) in [6, 6.07) is 6.87. The molecule has 3 rings (SSSR count). The van der Waals surface area contributed by atoms with E-state index < -0.39 is 17.3 Å². The van der Waals surface area contributed by atoms with Crippen LogP contribution >= 0.6 is 11.6 Å². The number of amides is 2. The number of carboxylic acid groups (broad SMARTS) is 1. The second-order valence-electron chi connectivity index (χ2n) is 6.19. The number of benzene rings is 1. The van der Waals surface area contributed by atoms with Crippen LogP contribution < -0.4 is 10.2 Å². The van der Waals surface area contributed by atoms with Gasteiger partial charge in [0, 0.05) is 30.2 Å². The summed E-state index contributed by atoms with van der Waals surface area (Å²) in [7, 11) is 0. The minimum atomic E-state index is -0.872. The first-order valence-corrected chi connectivity index (χ1v) is 7.86. The molecule has 7 heteroatoms. The van der Waals surface area contributed by atoms with Crippen LogP contribution in [0.2, 0.25) is 5.02 Å². The van der Waals surface area contributed by atoms with Crippen molar-refractivity contribution >= 4 is 35.1 Å². The maximum atomic E-state index is 12.2. The number of hydrogen-bond acceptors (Lipinski definition) is 3. The molecule has 1 saturated carbocycles. The summed E-state index contributed by atoms with van der Waals surface area (Å²) in [4.78, 5) is 37.0. The zero-order chi connectivity index (χ0) is 16.6. The number of halogens is 1. The number of carboxylic acids is 1. The average molecular weight is 337 g/mol. The van der Waals surface area contributed by atoms with E-state index in [-0.39, 0.29) is 24.8 Å². The Hall–Kier alpha value is -2.08. The van der Waals surface area contributed by atoms with Gasteiger partial charge in [0.15, 0.2) is 0 Å². The van der Waals surface area contributed by atoms with Crippen molar-refractivity contribution in [3.8, 4) is 0 Å². The molecule has 1 aliphatic heterocycles. The molecule has 1 atom stereocenters. The van der Waals surface area contributed by atoms with Gasteiger partial charge in [-0.1, -0.05) is 11.6 Å². The van der Waals surface area contributed by atoms with Crippen molar-refractivity contribution in [2.75, 3.05) is 18.0 Å². The Kier molecular flexibility index (Phi) is 4.02. The highest BCUT2D eigenvalue weighted by atomic mass is 35.5. The molecule has 1 saturated heterocycles. The number of nitrogens with zero attached hydrogens (tertiary/aromatic N) is 1. The monoisotopic (exact) mass is 336 g/mol. The lowest BCUT2D eigenvalue weighted by atomic mass is 10.1. The van der Waals surface area contributed by atoms with Crippen LogP contribution in [0, 0.1) is 11.3 Å². The molecular formula is C16H17ClN2O4. The van der Waals surface area contributed by atoms with Crippen LogP contribution in [0.4, 0.5) is 5.69 Å². The second-order valence-corrected chi connectivity index (χ2v) is 6.62. The van der Waals surface area contributed by atoms with Gasteiger partial charge in [-0.05, 0) is 37.1 Å². The van der Waals surface area contributed by atoms with E-state index in [9.17, 15) is 14.4 Å². The van der Waals surface area contributed by atoms with E-state index in [1.807, 2.05) is 0 Å². The lowest BCUT2D eigenvalue weighted by molar-refractivity contribution is -0.143. The Morgan fingerprint density at radius 3 is 2.52 bits per heavy atom. The Morgan fingerprint density at radius 1 is 1.30 bits per heavy atom. The molecule has 2 fully saturated rings. The Bertz CT molecular complexity index is 655. The summed E-state index contributed by atoms with van der Waals surface area (Å²) in [5.41, 5.74) is -0.0902.